The highest BCUT2D eigenvalue weighted by Gasteiger charge is 2.08. The Morgan fingerprint density at radius 1 is 1.56 bits per heavy atom. The first-order chi connectivity index (χ1) is 8.56. The van der Waals surface area contributed by atoms with E-state index < -0.39 is 0 Å². The predicted octanol–water partition coefficient (Wildman–Crippen LogP) is 1.37. The smallest absolute Gasteiger partial charge is 0.258 e. The van der Waals surface area contributed by atoms with Gasteiger partial charge in [-0.25, -0.2) is 0 Å². The van der Waals surface area contributed by atoms with Crippen LogP contribution in [-0.2, 0) is 4.79 Å². The normalized spacial score (nSPS) is 11.7. The van der Waals surface area contributed by atoms with Gasteiger partial charge in [0, 0.05) is 11.6 Å². The molecule has 1 amide bonds. The number of rotatable bonds is 6. The highest BCUT2D eigenvalue weighted by atomic mass is 16.5. The summed E-state index contributed by atoms with van der Waals surface area (Å²) < 4.78 is 5.29. The Morgan fingerprint density at radius 2 is 2.28 bits per heavy atom. The topological polar surface area (TPSA) is 81.4 Å². The molecule has 0 aliphatic heterocycles. The molecule has 1 atom stereocenters. The van der Waals surface area contributed by atoms with Crippen molar-refractivity contribution in [2.24, 2.45) is 0 Å². The van der Waals surface area contributed by atoms with Crippen LogP contribution in [0.5, 0.6) is 5.75 Å². The number of carbonyl (C=O) groups excluding carboxylic acids is 2. The minimum Gasteiger partial charge on any atom is -0.482 e. The molecule has 0 saturated heterocycles. The fourth-order valence-electron chi connectivity index (χ4n) is 1.33. The van der Waals surface area contributed by atoms with Gasteiger partial charge < -0.3 is 15.8 Å². The molecule has 1 unspecified atom stereocenters. The number of nitrogens with two attached hydrogens (primary N) is 1. The van der Waals surface area contributed by atoms with E-state index in [1.54, 1.807) is 12.1 Å². The SMILES string of the molecule is CCC(C)NC(=O)COc1ccc(C=O)cc1N. The van der Waals surface area contributed by atoms with Crippen LogP contribution < -0.4 is 15.8 Å². The molecule has 5 heteroatoms. The van der Waals surface area contributed by atoms with Crippen molar-refractivity contribution in [3.63, 3.8) is 0 Å². The molecule has 0 spiro atoms. The Kier molecular flexibility index (Phi) is 5.17. The van der Waals surface area contributed by atoms with Gasteiger partial charge in [-0.05, 0) is 31.5 Å². The van der Waals surface area contributed by atoms with Crippen molar-refractivity contribution in [1.82, 2.24) is 5.32 Å². The zero-order valence-electron chi connectivity index (χ0n) is 10.6. The van der Waals surface area contributed by atoms with Crippen LogP contribution >= 0.6 is 0 Å². The molecular formula is C13H18N2O3. The van der Waals surface area contributed by atoms with Gasteiger partial charge >= 0.3 is 0 Å². The summed E-state index contributed by atoms with van der Waals surface area (Å²) in [4.78, 5) is 22.0. The van der Waals surface area contributed by atoms with Gasteiger partial charge in [0.05, 0.1) is 5.69 Å². The monoisotopic (exact) mass is 250 g/mol. The molecule has 18 heavy (non-hydrogen) atoms. The molecule has 0 fully saturated rings. The number of hydrogen-bond donors (Lipinski definition) is 2. The fraction of sp³-hybridized carbons (Fsp3) is 0.385. The number of hydrogen-bond acceptors (Lipinski definition) is 4. The second-order valence-corrected chi connectivity index (χ2v) is 4.08. The number of nitrogens with one attached hydrogen (secondary N) is 1. The molecule has 3 N–H and O–H groups in total. The lowest BCUT2D eigenvalue weighted by molar-refractivity contribution is -0.123. The zero-order valence-corrected chi connectivity index (χ0v) is 10.6. The van der Waals surface area contributed by atoms with Gasteiger partial charge in [-0.2, -0.15) is 0 Å². The van der Waals surface area contributed by atoms with Crippen LogP contribution in [-0.4, -0.2) is 24.8 Å². The Balaban J connectivity index is 2.53. The third kappa shape index (κ3) is 4.08. The summed E-state index contributed by atoms with van der Waals surface area (Å²) in [7, 11) is 0. The summed E-state index contributed by atoms with van der Waals surface area (Å²) in [6.07, 6.45) is 1.57. The number of nitrogen functional groups attached to an aromatic ring is 1. The molecule has 1 aromatic rings. The summed E-state index contributed by atoms with van der Waals surface area (Å²) in [5, 5.41) is 2.78. The van der Waals surface area contributed by atoms with Crippen LogP contribution in [0.15, 0.2) is 18.2 Å². The van der Waals surface area contributed by atoms with E-state index in [1.165, 1.54) is 6.07 Å². The first-order valence-corrected chi connectivity index (χ1v) is 5.83. The van der Waals surface area contributed by atoms with E-state index in [-0.39, 0.29) is 18.6 Å². The van der Waals surface area contributed by atoms with Gasteiger partial charge in [-0.15, -0.1) is 0 Å². The number of anilines is 1. The Hall–Kier alpha value is -2.04. The lowest BCUT2D eigenvalue weighted by Crippen LogP contribution is -2.35. The number of amides is 1. The van der Waals surface area contributed by atoms with Crippen molar-refractivity contribution in [1.29, 1.82) is 0 Å². The van der Waals surface area contributed by atoms with Crippen molar-refractivity contribution in [3.05, 3.63) is 23.8 Å². The molecular weight excluding hydrogens is 232 g/mol. The Morgan fingerprint density at radius 3 is 2.83 bits per heavy atom. The quantitative estimate of drug-likeness (QED) is 0.590. The van der Waals surface area contributed by atoms with Gasteiger partial charge in [0.25, 0.3) is 5.91 Å². The van der Waals surface area contributed by atoms with E-state index in [1.807, 2.05) is 13.8 Å². The van der Waals surface area contributed by atoms with Crippen LogP contribution in [0.2, 0.25) is 0 Å². The number of ether oxygens (including phenoxy) is 1. The van der Waals surface area contributed by atoms with Crippen molar-refractivity contribution in [3.8, 4) is 5.75 Å². The maximum absolute atomic E-state index is 11.5. The maximum Gasteiger partial charge on any atom is 0.258 e. The molecule has 0 heterocycles. The second-order valence-electron chi connectivity index (χ2n) is 4.08. The standard InChI is InChI=1S/C13H18N2O3/c1-3-9(2)15-13(17)8-18-12-5-4-10(7-16)6-11(12)14/h4-7,9H,3,8,14H2,1-2H3,(H,15,17). The van der Waals surface area contributed by atoms with Crippen LogP contribution in [0.4, 0.5) is 5.69 Å². The van der Waals surface area contributed by atoms with Gasteiger partial charge in [0.15, 0.2) is 6.61 Å². The van der Waals surface area contributed by atoms with Crippen molar-refractivity contribution < 1.29 is 14.3 Å². The Labute approximate surface area is 106 Å². The summed E-state index contributed by atoms with van der Waals surface area (Å²) in [5.41, 5.74) is 6.51. The number of aldehydes is 1. The molecule has 1 aromatic carbocycles. The summed E-state index contributed by atoms with van der Waals surface area (Å²) in [5.74, 6) is 0.211. The first-order valence-electron chi connectivity index (χ1n) is 5.83. The zero-order chi connectivity index (χ0) is 13.5. The molecule has 5 nitrogen and oxygen atoms in total. The lowest BCUT2D eigenvalue weighted by atomic mass is 10.2. The highest BCUT2D eigenvalue weighted by molar-refractivity contribution is 5.79. The molecule has 0 aliphatic rings. The summed E-state index contributed by atoms with van der Waals surface area (Å²) >= 11 is 0. The third-order valence-corrected chi connectivity index (χ3v) is 2.55. The lowest BCUT2D eigenvalue weighted by Gasteiger charge is -2.13. The van der Waals surface area contributed by atoms with Crippen LogP contribution in [0.25, 0.3) is 0 Å². The molecule has 98 valence electrons. The number of carbonyl (C=O) groups is 2. The third-order valence-electron chi connectivity index (χ3n) is 2.55. The van der Waals surface area contributed by atoms with Gasteiger partial charge in [-0.3, -0.25) is 9.59 Å². The minimum absolute atomic E-state index is 0.0883. The van der Waals surface area contributed by atoms with E-state index in [4.69, 9.17) is 10.5 Å². The largest absolute Gasteiger partial charge is 0.482 e. The fourth-order valence-corrected chi connectivity index (χ4v) is 1.33. The van der Waals surface area contributed by atoms with Crippen molar-refractivity contribution >= 4 is 17.9 Å². The van der Waals surface area contributed by atoms with E-state index in [0.29, 0.717) is 23.3 Å². The highest BCUT2D eigenvalue weighted by Crippen LogP contribution is 2.21. The van der Waals surface area contributed by atoms with Crippen LogP contribution in [0.1, 0.15) is 30.6 Å². The summed E-state index contributed by atoms with van der Waals surface area (Å²) in [6, 6.07) is 4.80. The molecule has 0 bridgehead atoms. The first kappa shape index (κ1) is 14.0. The van der Waals surface area contributed by atoms with Gasteiger partial charge in [0.1, 0.15) is 12.0 Å². The average molecular weight is 250 g/mol. The molecule has 1 rings (SSSR count). The Bertz CT molecular complexity index is 432. The molecule has 0 radical (unpaired) electrons. The maximum atomic E-state index is 11.5. The molecule has 0 saturated carbocycles. The van der Waals surface area contributed by atoms with Crippen LogP contribution in [0, 0.1) is 0 Å². The average Bonchev–Trinajstić information content (AvgIpc) is 2.36. The van der Waals surface area contributed by atoms with Gasteiger partial charge in [0.2, 0.25) is 0 Å². The van der Waals surface area contributed by atoms with Crippen molar-refractivity contribution in [2.45, 2.75) is 26.3 Å². The molecule has 0 aromatic heterocycles. The van der Waals surface area contributed by atoms with Crippen LogP contribution in [0.3, 0.4) is 0 Å². The molecule has 0 aliphatic carbocycles. The van der Waals surface area contributed by atoms with E-state index in [2.05, 4.69) is 5.32 Å². The minimum atomic E-state index is -0.191. The van der Waals surface area contributed by atoms with E-state index in [0.717, 1.165) is 6.42 Å². The van der Waals surface area contributed by atoms with E-state index >= 15 is 0 Å². The van der Waals surface area contributed by atoms with Gasteiger partial charge in [-0.1, -0.05) is 6.92 Å². The van der Waals surface area contributed by atoms with Crippen molar-refractivity contribution in [2.75, 3.05) is 12.3 Å². The second kappa shape index (κ2) is 6.64. The number of benzene rings is 1. The predicted molar refractivity (Wildman–Crippen MR) is 69.6 cm³/mol. The van der Waals surface area contributed by atoms with E-state index in [9.17, 15) is 9.59 Å². The summed E-state index contributed by atoms with van der Waals surface area (Å²) in [6.45, 7) is 3.82.